The van der Waals surface area contributed by atoms with Crippen molar-refractivity contribution >= 4 is 57.1 Å². The fourth-order valence-electron chi connectivity index (χ4n) is 2.87. The van der Waals surface area contributed by atoms with Gasteiger partial charge in [-0.1, -0.05) is 48.2 Å². The second-order valence-electron chi connectivity index (χ2n) is 6.11. The zero-order valence-corrected chi connectivity index (χ0v) is 16.3. The number of aromatic nitrogens is 1. The van der Waals surface area contributed by atoms with Crippen LogP contribution in [0.2, 0.25) is 0 Å². The zero-order chi connectivity index (χ0) is 20.5. The Morgan fingerprint density at radius 3 is 2.66 bits per heavy atom. The lowest BCUT2D eigenvalue weighted by atomic mass is 10.1. The average molecular weight is 423 g/mol. The van der Waals surface area contributed by atoms with Crippen molar-refractivity contribution in [1.29, 1.82) is 0 Å². The number of hydrogen-bond donors (Lipinski definition) is 3. The van der Waals surface area contributed by atoms with Crippen molar-refractivity contribution in [2.75, 3.05) is 0 Å². The van der Waals surface area contributed by atoms with Crippen LogP contribution in [0, 0.1) is 0 Å². The molecule has 1 aromatic heterocycles. The Morgan fingerprint density at radius 1 is 1.14 bits per heavy atom. The number of hydrazine groups is 1. The molecule has 2 aromatic carbocycles. The van der Waals surface area contributed by atoms with Gasteiger partial charge in [-0.25, -0.2) is 0 Å². The van der Waals surface area contributed by atoms with E-state index in [1.807, 2.05) is 0 Å². The molecule has 0 saturated carbocycles. The van der Waals surface area contributed by atoms with Crippen LogP contribution in [0.15, 0.2) is 64.3 Å². The van der Waals surface area contributed by atoms with E-state index in [1.165, 1.54) is 18.2 Å². The number of fused-ring (bicyclic) bond motifs is 1. The van der Waals surface area contributed by atoms with Gasteiger partial charge < -0.3 is 10.1 Å². The van der Waals surface area contributed by atoms with Crippen LogP contribution in [0.5, 0.6) is 5.75 Å². The summed E-state index contributed by atoms with van der Waals surface area (Å²) in [6, 6.07) is 14.6. The van der Waals surface area contributed by atoms with Gasteiger partial charge in [0.25, 0.3) is 11.8 Å². The number of phenolic OH excluding ortho intramolecular Hbond substituents is 1. The van der Waals surface area contributed by atoms with Crippen molar-refractivity contribution < 1.29 is 14.7 Å². The van der Waals surface area contributed by atoms with Gasteiger partial charge in [-0.2, -0.15) is 5.01 Å². The number of H-pyrrole nitrogens is 1. The number of thioether (sulfide) groups is 1. The number of aromatic amines is 1. The molecule has 2 amide bonds. The number of benzene rings is 2. The van der Waals surface area contributed by atoms with Crippen LogP contribution in [-0.2, 0) is 4.79 Å². The number of rotatable bonds is 3. The molecular formula is C20H13N3O4S2. The third-order valence-corrected chi connectivity index (χ3v) is 5.53. The van der Waals surface area contributed by atoms with Crippen molar-refractivity contribution in [2.24, 2.45) is 0 Å². The molecule has 1 aliphatic rings. The standard InChI is InChI=1S/C20H13N3O4S2/c24-15-8-4-1-5-11(15)9-16-19(27)23(20(28)29-16)22-18(26)13-10-17(25)21-14-7-3-2-6-12(13)14/h1-10,24H,(H,21,25)(H,22,26). The van der Waals surface area contributed by atoms with E-state index in [0.717, 1.165) is 16.8 Å². The number of aromatic hydroxyl groups is 1. The number of hydrogen-bond acceptors (Lipinski definition) is 6. The number of nitrogens with one attached hydrogen (secondary N) is 2. The van der Waals surface area contributed by atoms with Crippen molar-refractivity contribution in [3.8, 4) is 5.75 Å². The van der Waals surface area contributed by atoms with E-state index in [2.05, 4.69) is 10.4 Å². The smallest absolute Gasteiger partial charge is 0.285 e. The number of pyridine rings is 1. The van der Waals surface area contributed by atoms with E-state index in [0.29, 0.717) is 16.5 Å². The van der Waals surface area contributed by atoms with Crippen molar-refractivity contribution in [3.05, 3.63) is 81.0 Å². The molecule has 2 heterocycles. The van der Waals surface area contributed by atoms with Gasteiger partial charge in [0.2, 0.25) is 5.56 Å². The lowest BCUT2D eigenvalue weighted by molar-refractivity contribution is -0.123. The van der Waals surface area contributed by atoms with E-state index >= 15 is 0 Å². The molecule has 3 aromatic rings. The first-order valence-corrected chi connectivity index (χ1v) is 9.65. The second-order valence-corrected chi connectivity index (χ2v) is 7.79. The number of nitrogens with zero attached hydrogens (tertiary/aromatic N) is 1. The minimum absolute atomic E-state index is 0.0248. The molecule has 144 valence electrons. The first-order chi connectivity index (χ1) is 13.9. The minimum Gasteiger partial charge on any atom is -0.507 e. The quantitative estimate of drug-likeness (QED) is 0.442. The van der Waals surface area contributed by atoms with Crippen LogP contribution in [0.25, 0.3) is 17.0 Å². The van der Waals surface area contributed by atoms with Gasteiger partial charge in [0, 0.05) is 22.5 Å². The van der Waals surface area contributed by atoms with Gasteiger partial charge in [-0.3, -0.25) is 19.8 Å². The molecule has 4 rings (SSSR count). The summed E-state index contributed by atoms with van der Waals surface area (Å²) in [5.74, 6) is -1.13. The van der Waals surface area contributed by atoms with Gasteiger partial charge in [0.05, 0.1) is 10.5 Å². The fraction of sp³-hybridized carbons (Fsp3) is 0. The largest absolute Gasteiger partial charge is 0.507 e. The molecule has 9 heteroatoms. The Bertz CT molecular complexity index is 1270. The molecule has 0 spiro atoms. The maximum Gasteiger partial charge on any atom is 0.285 e. The Kier molecular flexibility index (Phi) is 4.91. The molecule has 7 nitrogen and oxygen atoms in total. The molecular weight excluding hydrogens is 410 g/mol. The summed E-state index contributed by atoms with van der Waals surface area (Å²) in [5.41, 5.74) is 3.13. The molecule has 0 bridgehead atoms. The summed E-state index contributed by atoms with van der Waals surface area (Å²) in [6.45, 7) is 0. The van der Waals surface area contributed by atoms with Gasteiger partial charge in [-0.15, -0.1) is 0 Å². The van der Waals surface area contributed by atoms with Crippen LogP contribution in [0.1, 0.15) is 15.9 Å². The molecule has 0 atom stereocenters. The van der Waals surface area contributed by atoms with Gasteiger partial charge in [-0.05, 0) is 30.4 Å². The number of para-hydroxylation sites is 2. The lowest BCUT2D eigenvalue weighted by Crippen LogP contribution is -2.45. The summed E-state index contributed by atoms with van der Waals surface area (Å²) >= 11 is 6.22. The number of carbonyl (C=O) groups is 2. The van der Waals surface area contributed by atoms with Crippen LogP contribution < -0.4 is 11.0 Å². The van der Waals surface area contributed by atoms with E-state index in [-0.39, 0.29) is 20.5 Å². The highest BCUT2D eigenvalue weighted by molar-refractivity contribution is 8.26. The lowest BCUT2D eigenvalue weighted by Gasteiger charge is -2.16. The summed E-state index contributed by atoms with van der Waals surface area (Å²) in [4.78, 5) is 40.3. The predicted octanol–water partition coefficient (Wildman–Crippen LogP) is 2.78. The highest BCUT2D eigenvalue weighted by Crippen LogP contribution is 2.33. The molecule has 29 heavy (non-hydrogen) atoms. The average Bonchev–Trinajstić information content (AvgIpc) is 2.96. The highest BCUT2D eigenvalue weighted by atomic mass is 32.2. The van der Waals surface area contributed by atoms with Gasteiger partial charge in [0.1, 0.15) is 5.75 Å². The Labute approximate surface area is 174 Å². The molecule has 1 fully saturated rings. The highest BCUT2D eigenvalue weighted by Gasteiger charge is 2.34. The van der Waals surface area contributed by atoms with Crippen LogP contribution >= 0.6 is 24.0 Å². The Hall–Kier alpha value is -3.43. The summed E-state index contributed by atoms with van der Waals surface area (Å²) in [5, 5.41) is 11.4. The molecule has 0 aliphatic carbocycles. The van der Waals surface area contributed by atoms with E-state index in [4.69, 9.17) is 12.2 Å². The minimum atomic E-state index is -0.632. The van der Waals surface area contributed by atoms with E-state index in [9.17, 15) is 19.5 Å². The maximum absolute atomic E-state index is 12.8. The molecule has 0 unspecified atom stereocenters. The van der Waals surface area contributed by atoms with Crippen LogP contribution in [0.4, 0.5) is 0 Å². The monoisotopic (exact) mass is 423 g/mol. The van der Waals surface area contributed by atoms with Gasteiger partial charge in [0.15, 0.2) is 4.32 Å². The number of phenols is 1. The Morgan fingerprint density at radius 2 is 1.86 bits per heavy atom. The second kappa shape index (κ2) is 7.53. The SMILES string of the molecule is O=C(NN1C(=O)C(=Cc2ccccc2O)SC1=S)c1cc(=O)[nH]c2ccccc12. The molecule has 3 N–H and O–H groups in total. The fourth-order valence-corrected chi connectivity index (χ4v) is 4.04. The summed E-state index contributed by atoms with van der Waals surface area (Å²) in [6.07, 6.45) is 1.50. The summed E-state index contributed by atoms with van der Waals surface area (Å²) in [7, 11) is 0. The van der Waals surface area contributed by atoms with E-state index in [1.54, 1.807) is 42.5 Å². The molecule has 1 saturated heterocycles. The maximum atomic E-state index is 12.8. The third-order valence-electron chi connectivity index (χ3n) is 4.23. The van der Waals surface area contributed by atoms with Crippen LogP contribution in [-0.4, -0.2) is 31.2 Å². The van der Waals surface area contributed by atoms with E-state index < -0.39 is 17.4 Å². The summed E-state index contributed by atoms with van der Waals surface area (Å²) < 4.78 is 0.138. The first-order valence-electron chi connectivity index (χ1n) is 8.43. The first kappa shape index (κ1) is 18.9. The zero-order valence-electron chi connectivity index (χ0n) is 14.7. The van der Waals surface area contributed by atoms with Crippen molar-refractivity contribution in [2.45, 2.75) is 0 Å². The Balaban J connectivity index is 1.63. The molecule has 1 aliphatic heterocycles. The van der Waals surface area contributed by atoms with Crippen molar-refractivity contribution in [3.63, 3.8) is 0 Å². The topological polar surface area (TPSA) is 102 Å². The van der Waals surface area contributed by atoms with Crippen molar-refractivity contribution in [1.82, 2.24) is 15.4 Å². The van der Waals surface area contributed by atoms with Crippen LogP contribution in [0.3, 0.4) is 0 Å². The number of amides is 2. The third kappa shape index (κ3) is 3.65. The normalized spacial score (nSPS) is 15.3. The van der Waals surface area contributed by atoms with Gasteiger partial charge >= 0.3 is 0 Å². The number of carbonyl (C=O) groups excluding carboxylic acids is 2. The number of thiocarbonyl (C=S) groups is 1. The predicted molar refractivity (Wildman–Crippen MR) is 115 cm³/mol. The molecule has 0 radical (unpaired) electrons.